The van der Waals surface area contributed by atoms with Crippen LogP contribution in [0.25, 0.3) is 0 Å². The van der Waals surface area contributed by atoms with E-state index in [4.69, 9.17) is 0 Å². The fraction of sp³-hybridized carbons (Fsp3) is 0.133. The Labute approximate surface area is 126 Å². The quantitative estimate of drug-likeness (QED) is 0.846. The lowest BCUT2D eigenvalue weighted by atomic mass is 10.2. The van der Waals surface area contributed by atoms with Crippen molar-refractivity contribution in [2.75, 3.05) is 0 Å². The third kappa shape index (κ3) is 2.92. The summed E-state index contributed by atoms with van der Waals surface area (Å²) in [5, 5.41) is 8.06. The Hall–Kier alpha value is -1.64. The molecule has 0 aliphatic carbocycles. The number of nitrogens with zero attached hydrogens (tertiary/aromatic N) is 1. The largest absolute Gasteiger partial charge is 0.222 e. The molecule has 2 aromatic rings. The maximum absolute atomic E-state index is 12.5. The SMILES string of the molecule is Cc1ccc(S(=O)(=O)[C@@H](C#N)c2ccc(Br)cc2)cc1. The zero-order valence-corrected chi connectivity index (χ0v) is 13.1. The number of nitriles is 1. The smallest absolute Gasteiger partial charge is 0.198 e. The van der Waals surface area contributed by atoms with E-state index in [0.29, 0.717) is 5.56 Å². The lowest BCUT2D eigenvalue weighted by Crippen LogP contribution is -2.12. The van der Waals surface area contributed by atoms with Crippen molar-refractivity contribution in [3.63, 3.8) is 0 Å². The number of rotatable bonds is 3. The van der Waals surface area contributed by atoms with Gasteiger partial charge in [0.2, 0.25) is 0 Å². The molecule has 0 heterocycles. The number of hydrogen-bond acceptors (Lipinski definition) is 3. The lowest BCUT2D eigenvalue weighted by molar-refractivity contribution is 0.591. The number of aryl methyl sites for hydroxylation is 1. The third-order valence-corrected chi connectivity index (χ3v) is 5.41. The number of halogens is 1. The van der Waals surface area contributed by atoms with Crippen LogP contribution in [0.1, 0.15) is 16.4 Å². The molecule has 2 aromatic carbocycles. The van der Waals surface area contributed by atoms with E-state index in [2.05, 4.69) is 15.9 Å². The van der Waals surface area contributed by atoms with Gasteiger partial charge < -0.3 is 0 Å². The van der Waals surface area contributed by atoms with Crippen LogP contribution in [-0.2, 0) is 9.84 Å². The molecule has 0 radical (unpaired) electrons. The molecule has 1 atom stereocenters. The summed E-state index contributed by atoms with van der Waals surface area (Å²) in [5.41, 5.74) is 1.44. The summed E-state index contributed by atoms with van der Waals surface area (Å²) < 4.78 is 25.9. The maximum Gasteiger partial charge on any atom is 0.198 e. The Morgan fingerprint density at radius 1 is 1.05 bits per heavy atom. The third-order valence-electron chi connectivity index (χ3n) is 2.95. The van der Waals surface area contributed by atoms with Crippen LogP contribution in [0.5, 0.6) is 0 Å². The molecule has 0 N–H and O–H groups in total. The van der Waals surface area contributed by atoms with E-state index < -0.39 is 15.1 Å². The van der Waals surface area contributed by atoms with Crippen LogP contribution < -0.4 is 0 Å². The van der Waals surface area contributed by atoms with Gasteiger partial charge in [0.15, 0.2) is 15.1 Å². The zero-order valence-electron chi connectivity index (χ0n) is 10.7. The van der Waals surface area contributed by atoms with Crippen molar-refractivity contribution in [3.8, 4) is 6.07 Å². The van der Waals surface area contributed by atoms with Crippen LogP contribution in [0.4, 0.5) is 0 Å². The molecule has 0 unspecified atom stereocenters. The summed E-state index contributed by atoms with van der Waals surface area (Å²) in [4.78, 5) is 0.164. The Balaban J connectivity index is 2.48. The van der Waals surface area contributed by atoms with Crippen LogP contribution in [-0.4, -0.2) is 8.42 Å². The highest BCUT2D eigenvalue weighted by Crippen LogP contribution is 2.29. The molecule has 0 spiro atoms. The predicted octanol–water partition coefficient (Wildman–Crippen LogP) is 3.80. The first-order chi connectivity index (χ1) is 9.45. The van der Waals surface area contributed by atoms with Gasteiger partial charge in [-0.15, -0.1) is 0 Å². The van der Waals surface area contributed by atoms with Crippen molar-refractivity contribution >= 4 is 25.8 Å². The summed E-state index contributed by atoms with van der Waals surface area (Å²) in [6.07, 6.45) is 0. The molecule has 102 valence electrons. The molecule has 0 fully saturated rings. The molecule has 0 bridgehead atoms. The molecule has 3 nitrogen and oxygen atoms in total. The normalized spacial score (nSPS) is 12.7. The van der Waals surface area contributed by atoms with Crippen molar-refractivity contribution < 1.29 is 8.42 Å². The van der Waals surface area contributed by atoms with E-state index in [0.717, 1.165) is 10.0 Å². The van der Waals surface area contributed by atoms with Gasteiger partial charge in [0, 0.05) is 4.47 Å². The first-order valence-electron chi connectivity index (χ1n) is 5.91. The highest BCUT2D eigenvalue weighted by atomic mass is 79.9. The van der Waals surface area contributed by atoms with Crippen molar-refractivity contribution in [3.05, 3.63) is 64.1 Å². The second kappa shape index (κ2) is 5.78. The van der Waals surface area contributed by atoms with E-state index in [-0.39, 0.29) is 4.90 Å². The summed E-state index contributed by atoms with van der Waals surface area (Å²) in [6.45, 7) is 1.88. The fourth-order valence-corrected chi connectivity index (χ4v) is 3.53. The first-order valence-corrected chi connectivity index (χ1v) is 8.25. The zero-order chi connectivity index (χ0) is 14.8. The molecule has 0 aliphatic heterocycles. The van der Waals surface area contributed by atoms with Crippen LogP contribution in [0.3, 0.4) is 0 Å². The highest BCUT2D eigenvalue weighted by molar-refractivity contribution is 9.10. The second-order valence-electron chi connectivity index (χ2n) is 4.42. The molecular formula is C15H12BrNO2S. The molecule has 20 heavy (non-hydrogen) atoms. The van der Waals surface area contributed by atoms with E-state index in [1.807, 2.05) is 13.0 Å². The molecule has 5 heteroatoms. The minimum Gasteiger partial charge on any atom is -0.222 e. The lowest BCUT2D eigenvalue weighted by Gasteiger charge is -2.11. The van der Waals surface area contributed by atoms with Gasteiger partial charge >= 0.3 is 0 Å². The number of benzene rings is 2. The van der Waals surface area contributed by atoms with Crippen molar-refractivity contribution in [1.82, 2.24) is 0 Å². The van der Waals surface area contributed by atoms with Gasteiger partial charge in [-0.3, -0.25) is 0 Å². The van der Waals surface area contributed by atoms with Crippen LogP contribution in [0.15, 0.2) is 57.9 Å². The summed E-state index contributed by atoms with van der Waals surface area (Å²) in [7, 11) is -3.71. The molecule has 0 saturated heterocycles. The molecule has 2 rings (SSSR count). The van der Waals surface area contributed by atoms with Gasteiger partial charge in [0.25, 0.3) is 0 Å². The van der Waals surface area contributed by atoms with Gasteiger partial charge in [-0.25, -0.2) is 8.42 Å². The van der Waals surface area contributed by atoms with Gasteiger partial charge in [0.1, 0.15) is 0 Å². The fourth-order valence-electron chi connectivity index (χ4n) is 1.82. The Bertz CT molecular complexity index is 744. The van der Waals surface area contributed by atoms with Crippen LogP contribution in [0.2, 0.25) is 0 Å². The van der Waals surface area contributed by atoms with Gasteiger partial charge in [0.05, 0.1) is 11.0 Å². The van der Waals surface area contributed by atoms with Gasteiger partial charge in [-0.2, -0.15) is 5.26 Å². The summed E-state index contributed by atoms with van der Waals surface area (Å²) in [6, 6.07) is 15.1. The van der Waals surface area contributed by atoms with E-state index in [1.165, 1.54) is 12.1 Å². The minimum absolute atomic E-state index is 0.164. The molecular weight excluding hydrogens is 338 g/mol. The van der Waals surface area contributed by atoms with Crippen LogP contribution >= 0.6 is 15.9 Å². The van der Waals surface area contributed by atoms with Gasteiger partial charge in [-0.05, 0) is 36.8 Å². The molecule has 0 amide bonds. The maximum atomic E-state index is 12.5. The molecule has 0 saturated carbocycles. The van der Waals surface area contributed by atoms with Gasteiger partial charge in [-0.1, -0.05) is 45.8 Å². The van der Waals surface area contributed by atoms with E-state index >= 15 is 0 Å². The Morgan fingerprint density at radius 3 is 2.10 bits per heavy atom. The van der Waals surface area contributed by atoms with Crippen LogP contribution in [0, 0.1) is 18.3 Å². The number of sulfone groups is 1. The second-order valence-corrected chi connectivity index (χ2v) is 7.37. The Kier molecular flexibility index (Phi) is 4.26. The summed E-state index contributed by atoms with van der Waals surface area (Å²) in [5.74, 6) is 0. The topological polar surface area (TPSA) is 57.9 Å². The molecule has 0 aromatic heterocycles. The van der Waals surface area contributed by atoms with Crippen molar-refractivity contribution in [2.45, 2.75) is 17.1 Å². The predicted molar refractivity (Wildman–Crippen MR) is 80.9 cm³/mol. The monoisotopic (exact) mass is 349 g/mol. The Morgan fingerprint density at radius 2 is 1.60 bits per heavy atom. The standard InChI is InChI=1S/C15H12BrNO2S/c1-11-2-8-14(9-3-11)20(18,19)15(10-17)12-4-6-13(16)7-5-12/h2-9,15H,1H3/t15-/m0/s1. The average Bonchev–Trinajstić information content (AvgIpc) is 2.42. The number of hydrogen-bond donors (Lipinski definition) is 0. The minimum atomic E-state index is -3.71. The average molecular weight is 350 g/mol. The molecule has 0 aliphatic rings. The highest BCUT2D eigenvalue weighted by Gasteiger charge is 2.28. The summed E-state index contributed by atoms with van der Waals surface area (Å²) >= 11 is 3.29. The van der Waals surface area contributed by atoms with Crippen molar-refractivity contribution in [2.24, 2.45) is 0 Å². The van der Waals surface area contributed by atoms with E-state index in [1.54, 1.807) is 36.4 Å². The van der Waals surface area contributed by atoms with Crippen molar-refractivity contribution in [1.29, 1.82) is 5.26 Å². The first kappa shape index (κ1) is 14.8. The van der Waals surface area contributed by atoms with E-state index in [9.17, 15) is 13.7 Å².